The lowest BCUT2D eigenvalue weighted by molar-refractivity contribution is 0.133. The molecular weight excluding hydrogens is 192 g/mol. The van der Waals surface area contributed by atoms with Gasteiger partial charge in [0.05, 0.1) is 6.54 Å². The highest BCUT2D eigenvalue weighted by Gasteiger charge is 2.26. The first kappa shape index (κ1) is 8.59. The number of rotatable bonds is 1. The summed E-state index contributed by atoms with van der Waals surface area (Å²) in [6.07, 6.45) is -0.0811. The molecule has 0 saturated heterocycles. The molecule has 0 fully saturated rings. The van der Waals surface area contributed by atoms with Crippen molar-refractivity contribution in [3.8, 4) is 11.5 Å². The molecule has 2 aliphatic heterocycles. The number of nitrogens with zero attached hydrogens (tertiary/aromatic N) is 1. The maximum atomic E-state index is 5.80. The number of para-hydroxylation sites is 2. The molecule has 0 aromatic heterocycles. The third kappa shape index (κ3) is 1.52. The number of ether oxygens (including phenoxy) is 2. The van der Waals surface area contributed by atoms with Gasteiger partial charge in [0.25, 0.3) is 0 Å². The topological polar surface area (TPSA) is 42.8 Å². The first-order chi connectivity index (χ1) is 7.43. The van der Waals surface area contributed by atoms with Crippen molar-refractivity contribution in [2.24, 2.45) is 4.99 Å². The summed E-state index contributed by atoms with van der Waals surface area (Å²) in [6, 6.07) is 7.70. The molecular formula is C11H12N2O2. The lowest BCUT2D eigenvalue weighted by Gasteiger charge is -2.26. The predicted octanol–water partition coefficient (Wildman–Crippen LogP) is 0.828. The predicted molar refractivity (Wildman–Crippen MR) is 56.7 cm³/mol. The molecule has 78 valence electrons. The van der Waals surface area contributed by atoms with Crippen molar-refractivity contribution in [3.63, 3.8) is 0 Å². The van der Waals surface area contributed by atoms with Crippen LogP contribution in [0.3, 0.4) is 0 Å². The zero-order chi connectivity index (χ0) is 10.1. The largest absolute Gasteiger partial charge is 0.485 e. The molecule has 1 aromatic rings. The van der Waals surface area contributed by atoms with Crippen molar-refractivity contribution in [2.75, 3.05) is 19.7 Å². The van der Waals surface area contributed by atoms with Crippen LogP contribution in [-0.4, -0.2) is 31.6 Å². The highest BCUT2D eigenvalue weighted by Crippen LogP contribution is 2.31. The van der Waals surface area contributed by atoms with Gasteiger partial charge in [0.2, 0.25) is 0 Å². The normalized spacial score (nSPS) is 23.2. The molecule has 0 saturated carbocycles. The number of hydrogen-bond acceptors (Lipinski definition) is 4. The van der Waals surface area contributed by atoms with Gasteiger partial charge in [-0.15, -0.1) is 0 Å². The minimum absolute atomic E-state index is 0.0811. The summed E-state index contributed by atoms with van der Waals surface area (Å²) in [6.45, 7) is 2.26. The van der Waals surface area contributed by atoms with Crippen LogP contribution in [0.2, 0.25) is 0 Å². The average Bonchev–Trinajstić information content (AvgIpc) is 2.82. The second-order valence-corrected chi connectivity index (χ2v) is 3.56. The Morgan fingerprint density at radius 2 is 2.13 bits per heavy atom. The zero-order valence-electron chi connectivity index (χ0n) is 8.27. The Labute approximate surface area is 87.9 Å². The van der Waals surface area contributed by atoms with Crippen LogP contribution in [0.1, 0.15) is 0 Å². The standard InChI is InChI=1S/C11H12N2O2/c1-2-4-9-8(3-1)14-7-10(15-9)11-12-5-6-13-11/h1-4,10H,5-7H2,(H,12,13)/t10-/m0/s1. The van der Waals surface area contributed by atoms with E-state index < -0.39 is 0 Å². The van der Waals surface area contributed by atoms with Crippen LogP contribution in [0.4, 0.5) is 0 Å². The van der Waals surface area contributed by atoms with E-state index in [-0.39, 0.29) is 6.10 Å². The van der Waals surface area contributed by atoms with Crippen molar-refractivity contribution >= 4 is 5.84 Å². The zero-order valence-corrected chi connectivity index (χ0v) is 8.27. The van der Waals surface area contributed by atoms with Gasteiger partial charge < -0.3 is 14.8 Å². The molecule has 3 rings (SSSR count). The molecule has 0 unspecified atom stereocenters. The van der Waals surface area contributed by atoms with E-state index in [1.54, 1.807) is 0 Å². The lowest BCUT2D eigenvalue weighted by atomic mass is 10.2. The lowest BCUT2D eigenvalue weighted by Crippen LogP contribution is -2.42. The van der Waals surface area contributed by atoms with Gasteiger partial charge >= 0.3 is 0 Å². The molecule has 0 radical (unpaired) electrons. The number of fused-ring (bicyclic) bond motifs is 1. The Morgan fingerprint density at radius 3 is 2.93 bits per heavy atom. The van der Waals surface area contributed by atoms with Gasteiger partial charge in [0.1, 0.15) is 12.4 Å². The fourth-order valence-electron chi connectivity index (χ4n) is 1.79. The molecule has 2 aliphatic rings. The Kier molecular flexibility index (Phi) is 1.98. The number of nitrogens with one attached hydrogen (secondary N) is 1. The Hall–Kier alpha value is -1.71. The van der Waals surface area contributed by atoms with E-state index in [4.69, 9.17) is 9.47 Å². The van der Waals surface area contributed by atoms with Gasteiger partial charge in [0.15, 0.2) is 17.6 Å². The van der Waals surface area contributed by atoms with Crippen LogP contribution in [0.15, 0.2) is 29.3 Å². The molecule has 15 heavy (non-hydrogen) atoms. The van der Waals surface area contributed by atoms with E-state index in [1.807, 2.05) is 24.3 Å². The van der Waals surface area contributed by atoms with Gasteiger partial charge in [-0.25, -0.2) is 0 Å². The number of benzene rings is 1. The van der Waals surface area contributed by atoms with Gasteiger partial charge in [-0.3, -0.25) is 4.99 Å². The van der Waals surface area contributed by atoms with Crippen molar-refractivity contribution in [1.82, 2.24) is 5.32 Å². The summed E-state index contributed by atoms with van der Waals surface area (Å²) in [5.74, 6) is 2.52. The van der Waals surface area contributed by atoms with Crippen LogP contribution in [0, 0.1) is 0 Å². The maximum Gasteiger partial charge on any atom is 0.189 e. The summed E-state index contributed by atoms with van der Waals surface area (Å²) < 4.78 is 11.4. The molecule has 1 N–H and O–H groups in total. The Balaban J connectivity index is 1.82. The van der Waals surface area contributed by atoms with Crippen LogP contribution in [0.5, 0.6) is 11.5 Å². The monoisotopic (exact) mass is 204 g/mol. The van der Waals surface area contributed by atoms with E-state index in [0.717, 1.165) is 30.4 Å². The summed E-state index contributed by atoms with van der Waals surface area (Å²) in [7, 11) is 0. The summed E-state index contributed by atoms with van der Waals surface area (Å²) in [5.41, 5.74) is 0. The van der Waals surface area contributed by atoms with Gasteiger partial charge in [-0.2, -0.15) is 0 Å². The summed E-state index contributed by atoms with van der Waals surface area (Å²) >= 11 is 0. The average molecular weight is 204 g/mol. The van der Waals surface area contributed by atoms with Crippen molar-refractivity contribution in [3.05, 3.63) is 24.3 Å². The Bertz CT molecular complexity index is 403. The quantitative estimate of drug-likeness (QED) is 0.736. The van der Waals surface area contributed by atoms with E-state index in [1.165, 1.54) is 0 Å². The molecule has 1 aromatic carbocycles. The molecule has 0 spiro atoms. The number of hydrogen-bond donors (Lipinski definition) is 1. The first-order valence-corrected chi connectivity index (χ1v) is 5.10. The fraction of sp³-hybridized carbons (Fsp3) is 0.364. The molecule has 0 bridgehead atoms. The minimum atomic E-state index is -0.0811. The van der Waals surface area contributed by atoms with Gasteiger partial charge in [-0.1, -0.05) is 12.1 Å². The van der Waals surface area contributed by atoms with Crippen LogP contribution in [0.25, 0.3) is 0 Å². The van der Waals surface area contributed by atoms with Gasteiger partial charge in [0, 0.05) is 6.54 Å². The minimum Gasteiger partial charge on any atom is -0.485 e. The molecule has 4 nitrogen and oxygen atoms in total. The number of aliphatic imine (C=N–C) groups is 1. The first-order valence-electron chi connectivity index (χ1n) is 5.10. The number of amidine groups is 1. The smallest absolute Gasteiger partial charge is 0.189 e. The second-order valence-electron chi connectivity index (χ2n) is 3.56. The molecule has 2 heterocycles. The third-order valence-corrected chi connectivity index (χ3v) is 2.51. The van der Waals surface area contributed by atoms with E-state index in [2.05, 4.69) is 10.3 Å². The molecule has 0 amide bonds. The molecule has 0 aliphatic carbocycles. The highest BCUT2D eigenvalue weighted by molar-refractivity contribution is 5.88. The van der Waals surface area contributed by atoms with E-state index >= 15 is 0 Å². The van der Waals surface area contributed by atoms with Crippen molar-refractivity contribution < 1.29 is 9.47 Å². The second kappa shape index (κ2) is 3.46. The van der Waals surface area contributed by atoms with Crippen molar-refractivity contribution in [2.45, 2.75) is 6.10 Å². The highest BCUT2D eigenvalue weighted by atomic mass is 16.6. The fourth-order valence-corrected chi connectivity index (χ4v) is 1.79. The summed E-state index contributed by atoms with van der Waals surface area (Å²) in [4.78, 5) is 4.33. The van der Waals surface area contributed by atoms with Gasteiger partial charge in [-0.05, 0) is 12.1 Å². The Morgan fingerprint density at radius 1 is 1.27 bits per heavy atom. The molecule has 1 atom stereocenters. The SMILES string of the molecule is c1ccc2c(c1)OC[C@@H](C1=NCCN1)O2. The third-order valence-electron chi connectivity index (χ3n) is 2.51. The van der Waals surface area contributed by atoms with Crippen LogP contribution in [-0.2, 0) is 0 Å². The van der Waals surface area contributed by atoms with Crippen LogP contribution >= 0.6 is 0 Å². The summed E-state index contributed by atoms with van der Waals surface area (Å²) in [5, 5.41) is 3.20. The molecule has 4 heteroatoms. The van der Waals surface area contributed by atoms with Crippen LogP contribution < -0.4 is 14.8 Å². The van der Waals surface area contributed by atoms with E-state index in [0.29, 0.717) is 6.61 Å². The maximum absolute atomic E-state index is 5.80. The van der Waals surface area contributed by atoms with Crippen molar-refractivity contribution in [1.29, 1.82) is 0 Å². The van der Waals surface area contributed by atoms with E-state index in [9.17, 15) is 0 Å².